The standard InChI is InChI=1S/C10H12N2O2/c13-8-2-1-7(5-9(8)14)6-10-11-3-4-12-10/h1-2,5,13-14H,3-4,6H2,(H,11,12). The molecule has 0 radical (unpaired) electrons. The van der Waals surface area contributed by atoms with Crippen LogP contribution in [0.5, 0.6) is 11.5 Å². The summed E-state index contributed by atoms with van der Waals surface area (Å²) in [5.74, 6) is 0.770. The molecule has 1 aliphatic rings. The van der Waals surface area contributed by atoms with E-state index in [2.05, 4.69) is 10.3 Å². The van der Waals surface area contributed by atoms with E-state index >= 15 is 0 Å². The van der Waals surface area contributed by atoms with Crippen LogP contribution in [0, 0.1) is 0 Å². The van der Waals surface area contributed by atoms with Crippen molar-refractivity contribution in [1.29, 1.82) is 0 Å². The fourth-order valence-corrected chi connectivity index (χ4v) is 1.44. The smallest absolute Gasteiger partial charge is 0.157 e. The van der Waals surface area contributed by atoms with Gasteiger partial charge in [-0.15, -0.1) is 0 Å². The van der Waals surface area contributed by atoms with Crippen molar-refractivity contribution in [3.63, 3.8) is 0 Å². The fourth-order valence-electron chi connectivity index (χ4n) is 1.44. The van der Waals surface area contributed by atoms with Gasteiger partial charge >= 0.3 is 0 Å². The highest BCUT2D eigenvalue weighted by atomic mass is 16.3. The maximum Gasteiger partial charge on any atom is 0.157 e. The zero-order valence-electron chi connectivity index (χ0n) is 7.70. The lowest BCUT2D eigenvalue weighted by Gasteiger charge is -2.04. The van der Waals surface area contributed by atoms with Gasteiger partial charge in [-0.2, -0.15) is 0 Å². The SMILES string of the molecule is Oc1ccc(CC2=NCCN2)cc1O. The van der Waals surface area contributed by atoms with Gasteiger partial charge in [0.15, 0.2) is 11.5 Å². The largest absolute Gasteiger partial charge is 0.504 e. The van der Waals surface area contributed by atoms with Crippen LogP contribution < -0.4 is 5.32 Å². The lowest BCUT2D eigenvalue weighted by atomic mass is 10.1. The molecule has 0 aliphatic carbocycles. The van der Waals surface area contributed by atoms with Gasteiger partial charge in [0.2, 0.25) is 0 Å². The van der Waals surface area contributed by atoms with Crippen LogP contribution in [0.15, 0.2) is 23.2 Å². The summed E-state index contributed by atoms with van der Waals surface area (Å²) in [5, 5.41) is 21.5. The third kappa shape index (κ3) is 1.79. The Bertz CT molecular complexity index is 374. The summed E-state index contributed by atoms with van der Waals surface area (Å²) in [4.78, 5) is 4.24. The number of phenolic OH excluding ortho intramolecular Hbond substituents is 2. The molecule has 0 spiro atoms. The molecule has 14 heavy (non-hydrogen) atoms. The van der Waals surface area contributed by atoms with Crippen molar-refractivity contribution < 1.29 is 10.2 Å². The van der Waals surface area contributed by atoms with Gasteiger partial charge in [-0.1, -0.05) is 6.07 Å². The second-order valence-electron chi connectivity index (χ2n) is 3.26. The van der Waals surface area contributed by atoms with Crippen molar-refractivity contribution in [1.82, 2.24) is 5.32 Å². The third-order valence-electron chi connectivity index (χ3n) is 2.15. The zero-order chi connectivity index (χ0) is 9.97. The quantitative estimate of drug-likeness (QED) is 0.602. The summed E-state index contributed by atoms with van der Waals surface area (Å²) in [6.07, 6.45) is 0.674. The average Bonchev–Trinajstić information content (AvgIpc) is 2.64. The minimum Gasteiger partial charge on any atom is -0.504 e. The molecule has 0 amide bonds. The van der Waals surface area contributed by atoms with Gasteiger partial charge in [0.25, 0.3) is 0 Å². The number of nitrogens with zero attached hydrogens (tertiary/aromatic N) is 1. The van der Waals surface area contributed by atoms with Gasteiger partial charge in [0, 0.05) is 13.0 Å². The lowest BCUT2D eigenvalue weighted by molar-refractivity contribution is 0.403. The first kappa shape index (κ1) is 8.87. The molecule has 1 aromatic carbocycles. The third-order valence-corrected chi connectivity index (χ3v) is 2.15. The maximum atomic E-state index is 9.26. The number of nitrogens with one attached hydrogen (secondary N) is 1. The number of aliphatic imine (C=N–C) groups is 1. The molecular weight excluding hydrogens is 180 g/mol. The first-order chi connectivity index (χ1) is 6.75. The summed E-state index contributed by atoms with van der Waals surface area (Å²) in [7, 11) is 0. The Morgan fingerprint density at radius 1 is 1.29 bits per heavy atom. The molecule has 0 fully saturated rings. The Morgan fingerprint density at radius 2 is 2.14 bits per heavy atom. The van der Waals surface area contributed by atoms with Crippen LogP contribution in [0.3, 0.4) is 0 Å². The first-order valence-corrected chi connectivity index (χ1v) is 4.54. The Balaban J connectivity index is 2.13. The van der Waals surface area contributed by atoms with Crippen LogP contribution in [0.1, 0.15) is 5.56 Å². The van der Waals surface area contributed by atoms with E-state index in [-0.39, 0.29) is 11.5 Å². The molecule has 0 atom stereocenters. The van der Waals surface area contributed by atoms with Gasteiger partial charge in [0.05, 0.1) is 6.54 Å². The molecule has 1 aromatic rings. The number of hydrogen-bond acceptors (Lipinski definition) is 4. The zero-order valence-corrected chi connectivity index (χ0v) is 7.70. The van der Waals surface area contributed by atoms with Crippen molar-refractivity contribution in [3.05, 3.63) is 23.8 Å². The second-order valence-corrected chi connectivity index (χ2v) is 3.26. The summed E-state index contributed by atoms with van der Waals surface area (Å²) in [6, 6.07) is 4.82. The van der Waals surface area contributed by atoms with E-state index in [0.29, 0.717) is 6.42 Å². The minimum atomic E-state index is -0.0879. The molecule has 3 N–H and O–H groups in total. The molecule has 0 saturated carbocycles. The summed E-state index contributed by atoms with van der Waals surface area (Å²) >= 11 is 0. The Kier molecular flexibility index (Phi) is 2.26. The number of hydrogen-bond donors (Lipinski definition) is 3. The Labute approximate surface area is 81.9 Å². The highest BCUT2D eigenvalue weighted by molar-refractivity contribution is 5.85. The monoisotopic (exact) mass is 192 g/mol. The minimum absolute atomic E-state index is 0.0823. The van der Waals surface area contributed by atoms with Crippen LogP contribution in [-0.2, 0) is 6.42 Å². The van der Waals surface area contributed by atoms with Gasteiger partial charge in [0.1, 0.15) is 5.84 Å². The Morgan fingerprint density at radius 3 is 2.79 bits per heavy atom. The van der Waals surface area contributed by atoms with E-state index < -0.39 is 0 Å². The number of aromatic hydroxyl groups is 2. The van der Waals surface area contributed by atoms with E-state index in [1.54, 1.807) is 12.1 Å². The molecule has 2 rings (SSSR count). The van der Waals surface area contributed by atoms with Gasteiger partial charge in [-0.3, -0.25) is 4.99 Å². The fraction of sp³-hybridized carbons (Fsp3) is 0.300. The van der Waals surface area contributed by atoms with Crippen molar-refractivity contribution in [2.24, 2.45) is 4.99 Å². The van der Waals surface area contributed by atoms with E-state index in [1.807, 2.05) is 0 Å². The molecule has 4 heteroatoms. The number of phenols is 2. The van der Waals surface area contributed by atoms with Crippen molar-refractivity contribution in [2.45, 2.75) is 6.42 Å². The number of rotatable bonds is 2. The predicted octanol–water partition coefficient (Wildman–Crippen LogP) is 0.642. The van der Waals surface area contributed by atoms with E-state index in [1.165, 1.54) is 6.07 Å². The van der Waals surface area contributed by atoms with Gasteiger partial charge in [-0.25, -0.2) is 0 Å². The van der Waals surface area contributed by atoms with Crippen LogP contribution >= 0.6 is 0 Å². The van der Waals surface area contributed by atoms with Crippen LogP contribution in [0.25, 0.3) is 0 Å². The predicted molar refractivity (Wildman–Crippen MR) is 53.8 cm³/mol. The molecule has 1 heterocycles. The molecule has 0 aromatic heterocycles. The molecule has 0 unspecified atom stereocenters. The molecule has 74 valence electrons. The topological polar surface area (TPSA) is 64.9 Å². The van der Waals surface area contributed by atoms with Crippen molar-refractivity contribution in [3.8, 4) is 11.5 Å². The molecule has 1 aliphatic heterocycles. The lowest BCUT2D eigenvalue weighted by Crippen LogP contribution is -2.20. The molecule has 4 nitrogen and oxygen atoms in total. The summed E-state index contributed by atoms with van der Waals surface area (Å²) < 4.78 is 0. The van der Waals surface area contributed by atoms with Crippen LogP contribution in [0.2, 0.25) is 0 Å². The van der Waals surface area contributed by atoms with E-state index in [0.717, 1.165) is 24.5 Å². The van der Waals surface area contributed by atoms with Gasteiger partial charge < -0.3 is 15.5 Å². The summed E-state index contributed by atoms with van der Waals surface area (Å²) in [6.45, 7) is 1.71. The van der Waals surface area contributed by atoms with Crippen molar-refractivity contribution >= 4 is 5.84 Å². The molecule has 0 bridgehead atoms. The van der Waals surface area contributed by atoms with E-state index in [4.69, 9.17) is 5.11 Å². The highest BCUT2D eigenvalue weighted by Gasteiger charge is 2.07. The molecule has 0 saturated heterocycles. The highest BCUT2D eigenvalue weighted by Crippen LogP contribution is 2.25. The number of amidine groups is 1. The second kappa shape index (κ2) is 3.57. The van der Waals surface area contributed by atoms with Crippen LogP contribution in [-0.4, -0.2) is 29.1 Å². The molecular formula is C10H12N2O2. The Hall–Kier alpha value is -1.71. The van der Waals surface area contributed by atoms with Crippen LogP contribution in [0.4, 0.5) is 0 Å². The summed E-state index contributed by atoms with van der Waals surface area (Å²) in [5.41, 5.74) is 0.938. The van der Waals surface area contributed by atoms with Crippen molar-refractivity contribution in [2.75, 3.05) is 13.1 Å². The first-order valence-electron chi connectivity index (χ1n) is 4.54. The number of benzene rings is 1. The average molecular weight is 192 g/mol. The van der Waals surface area contributed by atoms with E-state index in [9.17, 15) is 5.11 Å². The van der Waals surface area contributed by atoms with Gasteiger partial charge in [-0.05, 0) is 17.7 Å². The maximum absolute atomic E-state index is 9.26. The normalized spacial score (nSPS) is 15.0.